The van der Waals surface area contributed by atoms with Crippen LogP contribution in [-0.4, -0.2) is 70.3 Å². The number of fused-ring (bicyclic) bond motifs is 1. The summed E-state index contributed by atoms with van der Waals surface area (Å²) < 4.78 is 15.1. The van der Waals surface area contributed by atoms with E-state index in [1.165, 1.54) is 65.8 Å². The summed E-state index contributed by atoms with van der Waals surface area (Å²) in [5.74, 6) is -4.21. The molecule has 12 heteroatoms. The topological polar surface area (TPSA) is 146 Å². The molecular weight excluding hydrogens is 464 g/mol. The molecule has 1 aliphatic rings. The smallest absolute Gasteiger partial charge is 0.420 e. The van der Waals surface area contributed by atoms with Gasteiger partial charge in [0, 0.05) is 0 Å². The zero-order chi connectivity index (χ0) is 26.7. The number of hydrogen-bond donors (Lipinski definition) is 0. The van der Waals surface area contributed by atoms with Gasteiger partial charge in [-0.15, -0.1) is 0 Å². The molecule has 1 heterocycles. The lowest BCUT2D eigenvalue weighted by molar-refractivity contribution is -0.172. The normalized spacial score (nSPS) is 14.1. The molecule has 0 aromatic heterocycles. The number of hydrogen-bond acceptors (Lipinski definition) is 10. The van der Waals surface area contributed by atoms with E-state index in [4.69, 9.17) is 14.3 Å². The van der Waals surface area contributed by atoms with Crippen LogP contribution in [0.25, 0.3) is 0 Å². The molecule has 0 spiro atoms. The summed E-state index contributed by atoms with van der Waals surface area (Å²) in [4.78, 5) is 81.1. The number of benzene rings is 1. The highest BCUT2D eigenvalue weighted by atomic mass is 16.7. The van der Waals surface area contributed by atoms with Crippen molar-refractivity contribution in [3.05, 3.63) is 35.4 Å². The van der Waals surface area contributed by atoms with Crippen molar-refractivity contribution in [2.24, 2.45) is 0 Å². The van der Waals surface area contributed by atoms with Crippen LogP contribution in [0.3, 0.4) is 0 Å². The predicted molar refractivity (Wildman–Crippen MR) is 118 cm³/mol. The van der Waals surface area contributed by atoms with Crippen LogP contribution in [-0.2, 0) is 28.6 Å². The van der Waals surface area contributed by atoms with Gasteiger partial charge in [-0.25, -0.2) is 19.2 Å². The van der Waals surface area contributed by atoms with Crippen LogP contribution in [0.15, 0.2) is 24.3 Å². The molecule has 1 atom stereocenters. The summed E-state index contributed by atoms with van der Waals surface area (Å²) in [7, 11) is 0.979. The Hall–Kier alpha value is -3.96. The molecule has 0 N–H and O–H groups in total. The molecule has 2 rings (SSSR count). The lowest BCUT2D eigenvalue weighted by Crippen LogP contribution is -2.53. The lowest BCUT2D eigenvalue weighted by atomic mass is 10.1. The molecule has 0 unspecified atom stereocenters. The number of carbonyl (C=O) groups excluding carboxylic acids is 6. The van der Waals surface area contributed by atoms with Crippen molar-refractivity contribution in [2.75, 3.05) is 7.11 Å². The van der Waals surface area contributed by atoms with Gasteiger partial charge >= 0.3 is 24.1 Å². The largest absolute Gasteiger partial charge is 0.467 e. The average molecular weight is 492 g/mol. The maximum Gasteiger partial charge on any atom is 0.420 e. The second kappa shape index (κ2) is 10.1. The minimum absolute atomic E-state index is 0.0268. The minimum atomic E-state index is -1.88. The van der Waals surface area contributed by atoms with E-state index in [-0.39, 0.29) is 16.2 Å². The molecule has 1 aromatic carbocycles. The van der Waals surface area contributed by atoms with E-state index in [1.54, 1.807) is 0 Å². The Kier molecular flexibility index (Phi) is 7.89. The van der Waals surface area contributed by atoms with E-state index < -0.39 is 59.6 Å². The van der Waals surface area contributed by atoms with Crippen molar-refractivity contribution >= 4 is 35.9 Å². The third kappa shape index (κ3) is 6.78. The van der Waals surface area contributed by atoms with Gasteiger partial charge in [-0.1, -0.05) is 17.2 Å². The molecule has 12 nitrogen and oxygen atoms in total. The molecule has 35 heavy (non-hydrogen) atoms. The Bertz CT molecular complexity index is 988. The molecule has 0 saturated carbocycles. The molecule has 0 fully saturated rings. The Balaban J connectivity index is 2.32. The van der Waals surface area contributed by atoms with Crippen LogP contribution in [0.4, 0.5) is 9.59 Å². The zero-order valence-corrected chi connectivity index (χ0v) is 20.6. The van der Waals surface area contributed by atoms with E-state index in [0.717, 1.165) is 7.11 Å². The van der Waals surface area contributed by atoms with E-state index in [1.807, 2.05) is 0 Å². The zero-order valence-electron chi connectivity index (χ0n) is 20.6. The summed E-state index contributed by atoms with van der Waals surface area (Å²) in [5.41, 5.74) is -2.09. The van der Waals surface area contributed by atoms with Gasteiger partial charge in [-0.2, -0.15) is 4.90 Å². The number of nitrogens with zero attached hydrogens (tertiary/aromatic N) is 2. The maximum atomic E-state index is 12.9. The van der Waals surface area contributed by atoms with Gasteiger partial charge in [0.05, 0.1) is 24.7 Å². The van der Waals surface area contributed by atoms with Gasteiger partial charge in [0.25, 0.3) is 11.8 Å². The molecule has 0 bridgehead atoms. The van der Waals surface area contributed by atoms with Crippen molar-refractivity contribution in [3.63, 3.8) is 0 Å². The number of carbonyl (C=O) groups is 6. The fraction of sp³-hybridized carbons (Fsp3) is 0.478. The van der Waals surface area contributed by atoms with Crippen molar-refractivity contribution in [1.29, 1.82) is 0 Å². The molecular formula is C23H28N2O10. The summed E-state index contributed by atoms with van der Waals surface area (Å²) in [6.45, 7) is 9.18. The van der Waals surface area contributed by atoms with Crippen LogP contribution < -0.4 is 0 Å². The molecule has 1 aromatic rings. The molecule has 0 aliphatic carbocycles. The fourth-order valence-corrected chi connectivity index (χ4v) is 2.91. The highest BCUT2D eigenvalue weighted by Crippen LogP contribution is 2.24. The molecule has 4 amide bonds. The van der Waals surface area contributed by atoms with Gasteiger partial charge < -0.3 is 19.0 Å². The first-order chi connectivity index (χ1) is 16.1. The second-order valence-electron chi connectivity index (χ2n) is 9.49. The number of hydroxylamine groups is 2. The average Bonchev–Trinajstić information content (AvgIpc) is 2.95. The van der Waals surface area contributed by atoms with Crippen LogP contribution in [0.2, 0.25) is 0 Å². The van der Waals surface area contributed by atoms with E-state index in [2.05, 4.69) is 4.74 Å². The number of esters is 1. The Morgan fingerprint density at radius 3 is 1.66 bits per heavy atom. The highest BCUT2D eigenvalue weighted by molar-refractivity contribution is 6.20. The molecule has 0 radical (unpaired) electrons. The van der Waals surface area contributed by atoms with Crippen molar-refractivity contribution in [1.82, 2.24) is 9.96 Å². The van der Waals surface area contributed by atoms with Crippen molar-refractivity contribution < 1.29 is 47.8 Å². The molecule has 1 aliphatic heterocycles. The Labute approximate surface area is 202 Å². The highest BCUT2D eigenvalue weighted by Gasteiger charge is 2.44. The lowest BCUT2D eigenvalue weighted by Gasteiger charge is -2.31. The fourth-order valence-electron chi connectivity index (χ4n) is 2.91. The Morgan fingerprint density at radius 1 is 0.857 bits per heavy atom. The van der Waals surface area contributed by atoms with Crippen LogP contribution in [0, 0.1) is 0 Å². The van der Waals surface area contributed by atoms with Crippen molar-refractivity contribution in [3.8, 4) is 0 Å². The van der Waals surface area contributed by atoms with Crippen molar-refractivity contribution in [2.45, 2.75) is 65.2 Å². The summed E-state index contributed by atoms with van der Waals surface area (Å²) in [6.07, 6.45) is -3.52. The van der Waals surface area contributed by atoms with Gasteiger partial charge in [0.2, 0.25) is 0 Å². The quantitative estimate of drug-likeness (QED) is 0.341. The minimum Gasteiger partial charge on any atom is -0.467 e. The monoisotopic (exact) mass is 492 g/mol. The number of amides is 4. The van der Waals surface area contributed by atoms with Gasteiger partial charge in [-0.05, 0) is 53.7 Å². The number of rotatable bonds is 5. The van der Waals surface area contributed by atoms with Gasteiger partial charge in [0.15, 0.2) is 6.04 Å². The molecule has 0 saturated heterocycles. The summed E-state index contributed by atoms with van der Waals surface area (Å²) >= 11 is 0. The summed E-state index contributed by atoms with van der Waals surface area (Å²) in [6, 6.07) is 3.94. The third-order valence-corrected chi connectivity index (χ3v) is 4.28. The summed E-state index contributed by atoms with van der Waals surface area (Å²) in [5, 5.41) is 0.243. The first-order valence-corrected chi connectivity index (χ1v) is 10.6. The Morgan fingerprint density at radius 2 is 1.29 bits per heavy atom. The number of imide groups is 2. The second-order valence-corrected chi connectivity index (χ2v) is 9.49. The first kappa shape index (κ1) is 27.3. The molecule has 190 valence electrons. The van der Waals surface area contributed by atoms with E-state index in [9.17, 15) is 28.8 Å². The van der Waals surface area contributed by atoms with Crippen LogP contribution >= 0.6 is 0 Å². The number of ether oxygens (including phenoxy) is 3. The van der Waals surface area contributed by atoms with Gasteiger partial charge in [-0.3, -0.25) is 9.59 Å². The first-order valence-electron chi connectivity index (χ1n) is 10.6. The van der Waals surface area contributed by atoms with Crippen LogP contribution in [0.5, 0.6) is 0 Å². The van der Waals surface area contributed by atoms with Gasteiger partial charge in [0.1, 0.15) is 11.2 Å². The maximum absolute atomic E-state index is 12.9. The predicted octanol–water partition coefficient (Wildman–Crippen LogP) is 2.84. The standard InChI is InChI=1S/C23H28N2O10/c1-22(2,3)33-20(30)24(21(31)34-23(4,5)6)15(19(29)32-7)12-16(26)35-25-17(27)13-10-8-9-11-14(13)18(25)28/h8-11,15H,12H2,1-7H3/t15-/m0/s1. The third-order valence-electron chi connectivity index (χ3n) is 4.28. The van der Waals surface area contributed by atoms with E-state index in [0.29, 0.717) is 4.90 Å². The SMILES string of the molecule is COC(=O)[C@H](CC(=O)ON1C(=O)c2ccccc2C1=O)N(C(=O)OC(C)(C)C)C(=O)OC(C)(C)C. The van der Waals surface area contributed by atoms with E-state index >= 15 is 0 Å². The van der Waals surface area contributed by atoms with Crippen LogP contribution in [0.1, 0.15) is 68.7 Å². The number of methoxy groups -OCH3 is 1.